The molecule has 0 bridgehead atoms. The van der Waals surface area contributed by atoms with E-state index < -0.39 is 41.8 Å². The maximum absolute atomic E-state index is 13.2. The molecule has 0 radical (unpaired) electrons. The molecule has 0 fully saturated rings. The SMILES string of the molecule is COC(=O)[C@H](Cc1ccccc1)NC(=O)[C@@H](CC(=O)O)NCCC(C)(C)c1ccc(OC)cc1OCc1ccccc1. The van der Waals surface area contributed by atoms with Crippen LogP contribution in [-0.4, -0.2) is 55.8 Å². The molecular weight excluding hydrogens is 536 g/mol. The Kier molecular flexibility index (Phi) is 11.9. The van der Waals surface area contributed by atoms with Crippen molar-refractivity contribution >= 4 is 17.8 Å². The van der Waals surface area contributed by atoms with Gasteiger partial charge in [-0.3, -0.25) is 9.59 Å². The Morgan fingerprint density at radius 2 is 1.52 bits per heavy atom. The fraction of sp³-hybridized carbons (Fsp3) is 0.364. The molecule has 0 saturated heterocycles. The van der Waals surface area contributed by atoms with Crippen LogP contribution in [-0.2, 0) is 37.6 Å². The van der Waals surface area contributed by atoms with E-state index >= 15 is 0 Å². The second-order valence-electron chi connectivity index (χ2n) is 10.6. The van der Waals surface area contributed by atoms with Crippen LogP contribution >= 0.6 is 0 Å². The number of benzene rings is 3. The van der Waals surface area contributed by atoms with Gasteiger partial charge in [0.2, 0.25) is 5.91 Å². The predicted molar refractivity (Wildman–Crippen MR) is 160 cm³/mol. The van der Waals surface area contributed by atoms with Crippen molar-refractivity contribution in [2.45, 2.75) is 57.2 Å². The molecule has 42 heavy (non-hydrogen) atoms. The van der Waals surface area contributed by atoms with Gasteiger partial charge in [-0.25, -0.2) is 4.79 Å². The van der Waals surface area contributed by atoms with Crippen LogP contribution in [0.15, 0.2) is 78.9 Å². The van der Waals surface area contributed by atoms with Crippen LogP contribution in [0.2, 0.25) is 0 Å². The summed E-state index contributed by atoms with van der Waals surface area (Å²) < 4.78 is 16.5. The standard InChI is InChI=1S/C33H40N2O7/c1-33(2,26-16-15-25(40-3)20-29(26)42-22-24-13-9-6-10-14-24)17-18-34-27(21-30(36)37)31(38)35-28(32(39)41-4)19-23-11-7-5-8-12-23/h5-16,20,27-28,34H,17-19,21-22H2,1-4H3,(H,35,38)(H,36,37)/t27-,28+/m1/s1. The van der Waals surface area contributed by atoms with Crippen molar-refractivity contribution in [3.63, 3.8) is 0 Å². The number of carbonyl (C=O) groups is 3. The lowest BCUT2D eigenvalue weighted by Gasteiger charge is -2.29. The van der Waals surface area contributed by atoms with Gasteiger partial charge in [0.1, 0.15) is 24.1 Å². The zero-order valence-electron chi connectivity index (χ0n) is 24.6. The van der Waals surface area contributed by atoms with Gasteiger partial charge in [-0.1, -0.05) is 80.6 Å². The van der Waals surface area contributed by atoms with Gasteiger partial charge < -0.3 is 30.0 Å². The minimum absolute atomic E-state index is 0.218. The summed E-state index contributed by atoms with van der Waals surface area (Å²) in [6.07, 6.45) is 0.337. The number of hydrogen-bond donors (Lipinski definition) is 3. The molecule has 0 heterocycles. The Bertz CT molecular complexity index is 1310. The van der Waals surface area contributed by atoms with Crippen LogP contribution in [0.4, 0.5) is 0 Å². The number of carbonyl (C=O) groups excluding carboxylic acids is 2. The number of carboxylic acids is 1. The zero-order chi connectivity index (χ0) is 30.5. The number of nitrogens with one attached hydrogen (secondary N) is 2. The number of hydrogen-bond acceptors (Lipinski definition) is 7. The van der Waals surface area contributed by atoms with E-state index in [9.17, 15) is 19.5 Å². The van der Waals surface area contributed by atoms with E-state index in [4.69, 9.17) is 14.2 Å². The maximum atomic E-state index is 13.2. The molecule has 9 nitrogen and oxygen atoms in total. The summed E-state index contributed by atoms with van der Waals surface area (Å²) in [5.41, 5.74) is 2.42. The number of aliphatic carboxylic acids is 1. The molecule has 0 unspecified atom stereocenters. The summed E-state index contributed by atoms with van der Waals surface area (Å²) in [5.74, 6) is -0.969. The van der Waals surface area contributed by atoms with E-state index in [1.807, 2.05) is 78.9 Å². The highest BCUT2D eigenvalue weighted by Gasteiger charge is 2.30. The molecule has 0 aliphatic carbocycles. The topological polar surface area (TPSA) is 123 Å². The summed E-state index contributed by atoms with van der Waals surface area (Å²) in [5, 5.41) is 15.3. The van der Waals surface area contributed by atoms with Crippen LogP contribution < -0.4 is 20.1 Å². The van der Waals surface area contributed by atoms with Crippen molar-refractivity contribution < 1.29 is 33.7 Å². The first-order chi connectivity index (χ1) is 20.1. The van der Waals surface area contributed by atoms with Gasteiger partial charge in [-0.2, -0.15) is 0 Å². The summed E-state index contributed by atoms with van der Waals surface area (Å²) >= 11 is 0. The second kappa shape index (κ2) is 15.6. The first kappa shape index (κ1) is 32.1. The van der Waals surface area contributed by atoms with Crippen molar-refractivity contribution in [1.82, 2.24) is 10.6 Å². The zero-order valence-corrected chi connectivity index (χ0v) is 24.6. The first-order valence-electron chi connectivity index (χ1n) is 13.9. The van der Waals surface area contributed by atoms with Crippen LogP contribution in [0.25, 0.3) is 0 Å². The lowest BCUT2D eigenvalue weighted by molar-refractivity contribution is -0.145. The van der Waals surface area contributed by atoms with Gasteiger partial charge in [0.05, 0.1) is 26.7 Å². The van der Waals surface area contributed by atoms with E-state index in [0.717, 1.165) is 16.7 Å². The van der Waals surface area contributed by atoms with Crippen LogP contribution in [0.1, 0.15) is 43.4 Å². The fourth-order valence-corrected chi connectivity index (χ4v) is 4.63. The Morgan fingerprint density at radius 1 is 0.881 bits per heavy atom. The number of carboxylic acid groups (broad SMARTS) is 1. The lowest BCUT2D eigenvalue weighted by Crippen LogP contribution is -2.52. The van der Waals surface area contributed by atoms with Gasteiger partial charge >= 0.3 is 11.9 Å². The number of esters is 1. The largest absolute Gasteiger partial charge is 0.497 e. The molecule has 2 atom stereocenters. The van der Waals surface area contributed by atoms with Gasteiger partial charge in [0, 0.05) is 18.1 Å². The van der Waals surface area contributed by atoms with Crippen LogP contribution in [0.3, 0.4) is 0 Å². The van der Waals surface area contributed by atoms with Gasteiger partial charge in [-0.15, -0.1) is 0 Å². The third-order valence-corrected chi connectivity index (χ3v) is 7.08. The molecule has 1 amide bonds. The predicted octanol–water partition coefficient (Wildman–Crippen LogP) is 4.28. The molecular formula is C33H40N2O7. The van der Waals surface area contributed by atoms with Crippen molar-refractivity contribution in [3.8, 4) is 11.5 Å². The minimum Gasteiger partial charge on any atom is -0.497 e. The monoisotopic (exact) mass is 576 g/mol. The summed E-state index contributed by atoms with van der Waals surface area (Å²) in [7, 11) is 2.85. The molecule has 0 spiro atoms. The molecule has 0 saturated carbocycles. The Morgan fingerprint density at radius 3 is 2.12 bits per heavy atom. The van der Waals surface area contributed by atoms with Crippen LogP contribution in [0, 0.1) is 0 Å². The summed E-state index contributed by atoms with van der Waals surface area (Å²) in [6.45, 7) is 4.85. The Labute approximate surface area is 247 Å². The van der Waals surface area contributed by atoms with Crippen molar-refractivity contribution in [2.24, 2.45) is 0 Å². The normalized spacial score (nSPS) is 12.6. The fourth-order valence-electron chi connectivity index (χ4n) is 4.63. The van der Waals surface area contributed by atoms with E-state index in [-0.39, 0.29) is 6.42 Å². The quantitative estimate of drug-likeness (QED) is 0.216. The number of methoxy groups -OCH3 is 2. The molecule has 3 aromatic rings. The smallest absolute Gasteiger partial charge is 0.328 e. The molecule has 0 aliphatic heterocycles. The van der Waals surface area contributed by atoms with Gasteiger partial charge in [-0.05, 0) is 35.6 Å². The van der Waals surface area contributed by atoms with Crippen molar-refractivity contribution in [1.29, 1.82) is 0 Å². The summed E-state index contributed by atoms with van der Waals surface area (Å²) in [6, 6.07) is 22.8. The molecule has 3 N–H and O–H groups in total. The van der Waals surface area contributed by atoms with Crippen molar-refractivity contribution in [3.05, 3.63) is 95.6 Å². The number of rotatable bonds is 16. The Balaban J connectivity index is 1.70. The molecule has 3 aromatic carbocycles. The molecule has 0 aliphatic rings. The number of amides is 1. The van der Waals surface area contributed by atoms with E-state index in [2.05, 4.69) is 24.5 Å². The van der Waals surface area contributed by atoms with Crippen molar-refractivity contribution in [2.75, 3.05) is 20.8 Å². The second-order valence-corrected chi connectivity index (χ2v) is 10.6. The Hall–Kier alpha value is -4.37. The highest BCUT2D eigenvalue weighted by Crippen LogP contribution is 2.37. The maximum Gasteiger partial charge on any atom is 0.328 e. The van der Waals surface area contributed by atoms with Crippen LogP contribution in [0.5, 0.6) is 11.5 Å². The highest BCUT2D eigenvalue weighted by molar-refractivity contribution is 5.90. The van der Waals surface area contributed by atoms with Gasteiger partial charge in [0.25, 0.3) is 0 Å². The molecule has 9 heteroatoms. The van der Waals surface area contributed by atoms with E-state index in [1.54, 1.807) is 7.11 Å². The van der Waals surface area contributed by atoms with Gasteiger partial charge in [0.15, 0.2) is 0 Å². The van der Waals surface area contributed by atoms with E-state index in [1.165, 1.54) is 7.11 Å². The molecule has 0 aromatic heterocycles. The summed E-state index contributed by atoms with van der Waals surface area (Å²) in [4.78, 5) is 37.2. The minimum atomic E-state index is -1.13. The number of ether oxygens (including phenoxy) is 3. The molecule has 3 rings (SSSR count). The average molecular weight is 577 g/mol. The first-order valence-corrected chi connectivity index (χ1v) is 13.9. The highest BCUT2D eigenvalue weighted by atomic mass is 16.5. The third kappa shape index (κ3) is 9.62. The van der Waals surface area contributed by atoms with E-state index in [0.29, 0.717) is 31.1 Å². The average Bonchev–Trinajstić information content (AvgIpc) is 2.99. The molecule has 224 valence electrons. The lowest BCUT2D eigenvalue weighted by atomic mass is 9.81. The third-order valence-electron chi connectivity index (χ3n) is 7.08.